The van der Waals surface area contributed by atoms with Crippen molar-refractivity contribution in [3.05, 3.63) is 11.9 Å². The van der Waals surface area contributed by atoms with Crippen LogP contribution in [-0.2, 0) is 0 Å². The molecular weight excluding hydrogens is 234 g/mol. The van der Waals surface area contributed by atoms with Crippen LogP contribution in [0.4, 0.5) is 0 Å². The van der Waals surface area contributed by atoms with Crippen LogP contribution < -0.4 is 0 Å². The van der Waals surface area contributed by atoms with Crippen molar-refractivity contribution < 1.29 is 9.90 Å². The lowest BCUT2D eigenvalue weighted by atomic mass is 10.1. The molecule has 0 radical (unpaired) electrons. The van der Waals surface area contributed by atoms with Gasteiger partial charge >= 0.3 is 5.97 Å². The SMILES string of the molecule is N#CCCCCN1CC(n2cc(C(=O)O)nn2)C1. The quantitative estimate of drug-likeness (QED) is 0.739. The summed E-state index contributed by atoms with van der Waals surface area (Å²) in [5, 5.41) is 24.6. The topological polar surface area (TPSA) is 95.0 Å². The van der Waals surface area contributed by atoms with Crippen molar-refractivity contribution >= 4 is 5.97 Å². The molecule has 0 aromatic carbocycles. The molecule has 1 aromatic rings. The fourth-order valence-corrected chi connectivity index (χ4v) is 1.99. The van der Waals surface area contributed by atoms with Crippen LogP contribution in [0.1, 0.15) is 35.8 Å². The zero-order chi connectivity index (χ0) is 13.0. The molecule has 1 fully saturated rings. The van der Waals surface area contributed by atoms with E-state index in [0.29, 0.717) is 6.42 Å². The van der Waals surface area contributed by atoms with Crippen LogP contribution in [0.25, 0.3) is 0 Å². The molecule has 0 spiro atoms. The van der Waals surface area contributed by atoms with Crippen LogP contribution in [0, 0.1) is 11.3 Å². The molecule has 2 heterocycles. The number of carbonyl (C=O) groups is 1. The molecule has 0 saturated carbocycles. The van der Waals surface area contributed by atoms with Crippen molar-refractivity contribution in [1.29, 1.82) is 5.26 Å². The van der Waals surface area contributed by atoms with E-state index in [0.717, 1.165) is 32.5 Å². The highest BCUT2D eigenvalue weighted by Crippen LogP contribution is 2.20. The highest BCUT2D eigenvalue weighted by Gasteiger charge is 2.28. The summed E-state index contributed by atoms with van der Waals surface area (Å²) in [6.45, 7) is 2.72. The molecule has 0 aliphatic carbocycles. The minimum Gasteiger partial charge on any atom is -0.476 e. The van der Waals surface area contributed by atoms with E-state index in [1.54, 1.807) is 4.68 Å². The summed E-state index contributed by atoms with van der Waals surface area (Å²) in [5.74, 6) is -1.05. The predicted octanol–water partition coefficient (Wildman–Crippen LogP) is 0.527. The Kier molecular flexibility index (Phi) is 3.89. The number of likely N-dealkylation sites (tertiary alicyclic amines) is 1. The van der Waals surface area contributed by atoms with Crippen molar-refractivity contribution in [2.75, 3.05) is 19.6 Å². The summed E-state index contributed by atoms with van der Waals surface area (Å²) in [5.41, 5.74) is -0.0116. The number of carboxylic acids is 1. The van der Waals surface area contributed by atoms with Gasteiger partial charge in [0.2, 0.25) is 0 Å². The first-order valence-corrected chi connectivity index (χ1v) is 5.95. The molecule has 7 nitrogen and oxygen atoms in total. The summed E-state index contributed by atoms with van der Waals surface area (Å²) in [7, 11) is 0. The van der Waals surface area contributed by atoms with Gasteiger partial charge < -0.3 is 5.11 Å². The molecule has 1 aliphatic heterocycles. The maximum absolute atomic E-state index is 10.7. The van der Waals surface area contributed by atoms with Gasteiger partial charge in [-0.3, -0.25) is 4.90 Å². The molecule has 0 amide bonds. The number of nitriles is 1. The first-order valence-electron chi connectivity index (χ1n) is 5.95. The number of nitrogens with zero attached hydrogens (tertiary/aromatic N) is 5. The third-order valence-electron chi connectivity index (χ3n) is 3.05. The molecule has 7 heteroatoms. The summed E-state index contributed by atoms with van der Waals surface area (Å²) in [4.78, 5) is 12.9. The van der Waals surface area contributed by atoms with E-state index >= 15 is 0 Å². The van der Waals surface area contributed by atoms with E-state index in [1.807, 2.05) is 0 Å². The normalized spacial score (nSPS) is 16.2. The number of carboxylic acid groups (broad SMARTS) is 1. The van der Waals surface area contributed by atoms with Crippen molar-refractivity contribution in [3.63, 3.8) is 0 Å². The summed E-state index contributed by atoms with van der Waals surface area (Å²) in [6.07, 6.45) is 4.05. The smallest absolute Gasteiger partial charge is 0.358 e. The second-order valence-electron chi connectivity index (χ2n) is 4.42. The Balaban J connectivity index is 1.72. The monoisotopic (exact) mass is 249 g/mol. The van der Waals surface area contributed by atoms with Crippen LogP contribution in [0.5, 0.6) is 0 Å². The molecule has 1 aliphatic rings. The Labute approximate surface area is 105 Å². The minimum absolute atomic E-state index is 0.0116. The molecule has 0 unspecified atom stereocenters. The van der Waals surface area contributed by atoms with Crippen LogP contribution >= 0.6 is 0 Å². The van der Waals surface area contributed by atoms with Gasteiger partial charge in [-0.1, -0.05) is 5.21 Å². The lowest BCUT2D eigenvalue weighted by Crippen LogP contribution is -2.48. The number of hydrogen-bond donors (Lipinski definition) is 1. The van der Waals surface area contributed by atoms with Crippen molar-refractivity contribution in [2.24, 2.45) is 0 Å². The predicted molar refractivity (Wildman–Crippen MR) is 61.9 cm³/mol. The molecule has 96 valence electrons. The lowest BCUT2D eigenvalue weighted by Gasteiger charge is -2.38. The van der Waals surface area contributed by atoms with Gasteiger partial charge in [-0.05, 0) is 19.4 Å². The second kappa shape index (κ2) is 5.60. The van der Waals surface area contributed by atoms with E-state index in [2.05, 4.69) is 21.3 Å². The van der Waals surface area contributed by atoms with Crippen LogP contribution in [0.3, 0.4) is 0 Å². The highest BCUT2D eigenvalue weighted by molar-refractivity contribution is 5.84. The second-order valence-corrected chi connectivity index (χ2v) is 4.42. The third kappa shape index (κ3) is 2.84. The number of aromatic carboxylic acids is 1. The maximum Gasteiger partial charge on any atom is 0.358 e. The number of aromatic nitrogens is 3. The largest absolute Gasteiger partial charge is 0.476 e. The van der Waals surface area contributed by atoms with Gasteiger partial charge in [0.05, 0.1) is 18.3 Å². The Morgan fingerprint density at radius 3 is 2.94 bits per heavy atom. The lowest BCUT2D eigenvalue weighted by molar-refractivity contribution is 0.0690. The van der Waals surface area contributed by atoms with Gasteiger partial charge in [-0.2, -0.15) is 5.26 Å². The average molecular weight is 249 g/mol. The zero-order valence-corrected chi connectivity index (χ0v) is 9.99. The maximum atomic E-state index is 10.7. The molecular formula is C11H15N5O2. The molecule has 0 bridgehead atoms. The summed E-state index contributed by atoms with van der Waals surface area (Å²) >= 11 is 0. The number of hydrogen-bond acceptors (Lipinski definition) is 5. The summed E-state index contributed by atoms with van der Waals surface area (Å²) in [6, 6.07) is 2.35. The standard InChI is InChI=1S/C11H15N5O2/c12-4-2-1-3-5-15-6-9(7-15)16-8-10(11(17)18)13-14-16/h8-9H,1-3,5-7H2,(H,17,18). The number of rotatable bonds is 6. The Morgan fingerprint density at radius 1 is 1.56 bits per heavy atom. The van der Waals surface area contributed by atoms with E-state index < -0.39 is 5.97 Å². The first-order chi connectivity index (χ1) is 8.70. The molecule has 0 atom stereocenters. The Morgan fingerprint density at radius 2 is 2.33 bits per heavy atom. The van der Waals surface area contributed by atoms with Crippen LogP contribution in [0.2, 0.25) is 0 Å². The van der Waals surface area contributed by atoms with Crippen molar-refractivity contribution in [2.45, 2.75) is 25.3 Å². The van der Waals surface area contributed by atoms with Crippen LogP contribution in [-0.4, -0.2) is 50.6 Å². The summed E-state index contributed by atoms with van der Waals surface area (Å²) < 4.78 is 1.62. The van der Waals surface area contributed by atoms with Crippen molar-refractivity contribution in [3.8, 4) is 6.07 Å². The minimum atomic E-state index is -1.05. The molecule has 1 saturated heterocycles. The molecule has 1 aromatic heterocycles. The fraction of sp³-hybridized carbons (Fsp3) is 0.636. The Bertz CT molecular complexity index is 458. The van der Waals surface area contributed by atoms with E-state index in [1.165, 1.54) is 6.20 Å². The zero-order valence-electron chi connectivity index (χ0n) is 9.99. The molecule has 18 heavy (non-hydrogen) atoms. The average Bonchev–Trinajstić information content (AvgIpc) is 2.75. The number of unbranched alkanes of at least 4 members (excludes halogenated alkanes) is 2. The van der Waals surface area contributed by atoms with Gasteiger partial charge in [-0.25, -0.2) is 9.48 Å². The molecule has 2 rings (SSSR count). The van der Waals surface area contributed by atoms with E-state index in [-0.39, 0.29) is 11.7 Å². The van der Waals surface area contributed by atoms with Gasteiger partial charge in [0.15, 0.2) is 5.69 Å². The highest BCUT2D eigenvalue weighted by atomic mass is 16.4. The van der Waals surface area contributed by atoms with Crippen LogP contribution in [0.15, 0.2) is 6.20 Å². The van der Waals surface area contributed by atoms with Crippen molar-refractivity contribution in [1.82, 2.24) is 19.9 Å². The first kappa shape index (κ1) is 12.5. The van der Waals surface area contributed by atoms with E-state index in [9.17, 15) is 4.79 Å². The van der Waals surface area contributed by atoms with Gasteiger partial charge in [0.25, 0.3) is 0 Å². The Hall–Kier alpha value is -1.94. The van der Waals surface area contributed by atoms with Gasteiger partial charge in [0.1, 0.15) is 0 Å². The van der Waals surface area contributed by atoms with E-state index in [4.69, 9.17) is 10.4 Å². The fourth-order valence-electron chi connectivity index (χ4n) is 1.99. The third-order valence-corrected chi connectivity index (χ3v) is 3.05. The van der Waals surface area contributed by atoms with Gasteiger partial charge in [0, 0.05) is 19.5 Å². The molecule has 1 N–H and O–H groups in total. The van der Waals surface area contributed by atoms with Gasteiger partial charge in [-0.15, -0.1) is 5.10 Å².